The minimum atomic E-state index is -0.654. The lowest BCUT2D eigenvalue weighted by Gasteiger charge is -2.03. The molecule has 0 radical (unpaired) electrons. The van der Waals surface area contributed by atoms with E-state index in [4.69, 9.17) is 4.74 Å². The summed E-state index contributed by atoms with van der Waals surface area (Å²) < 4.78 is 4.73. The first kappa shape index (κ1) is 7.25. The van der Waals surface area contributed by atoms with Gasteiger partial charge in [0.2, 0.25) is 5.78 Å². The van der Waals surface area contributed by atoms with Crippen LogP contribution in [-0.2, 0) is 14.3 Å². The molecule has 0 aromatic rings. The standard InChI is InChI=1S/C7H10O3/c1-2-3-5-4-6(8)7(9)10-5/h5H,2-4H2,1H3. The van der Waals surface area contributed by atoms with Crippen molar-refractivity contribution in [1.29, 1.82) is 0 Å². The van der Waals surface area contributed by atoms with Crippen LogP contribution >= 0.6 is 0 Å². The smallest absolute Gasteiger partial charge is 0.375 e. The Morgan fingerprint density at radius 1 is 1.60 bits per heavy atom. The Bertz CT molecular complexity index is 146. The van der Waals surface area contributed by atoms with Crippen LogP contribution in [0.3, 0.4) is 0 Å². The van der Waals surface area contributed by atoms with Gasteiger partial charge in [-0.15, -0.1) is 0 Å². The maximum Gasteiger partial charge on any atom is 0.375 e. The fourth-order valence-electron chi connectivity index (χ4n) is 1.03. The summed E-state index contributed by atoms with van der Waals surface area (Å²) in [6, 6.07) is 0. The van der Waals surface area contributed by atoms with E-state index in [0.29, 0.717) is 0 Å². The van der Waals surface area contributed by atoms with Crippen molar-refractivity contribution in [2.75, 3.05) is 0 Å². The molecule has 1 aliphatic heterocycles. The highest BCUT2D eigenvalue weighted by Crippen LogP contribution is 2.14. The van der Waals surface area contributed by atoms with E-state index < -0.39 is 5.97 Å². The van der Waals surface area contributed by atoms with Crippen molar-refractivity contribution in [3.8, 4) is 0 Å². The van der Waals surface area contributed by atoms with Crippen molar-refractivity contribution < 1.29 is 14.3 Å². The van der Waals surface area contributed by atoms with E-state index in [1.165, 1.54) is 0 Å². The normalized spacial score (nSPS) is 25.1. The highest BCUT2D eigenvalue weighted by molar-refractivity contribution is 6.35. The largest absolute Gasteiger partial charge is 0.456 e. The second-order valence-electron chi connectivity index (χ2n) is 2.44. The number of Topliss-reactive ketones (excluding diaryl/α,β-unsaturated/α-hetero) is 1. The Labute approximate surface area is 59.4 Å². The van der Waals surface area contributed by atoms with Crippen molar-refractivity contribution in [2.24, 2.45) is 0 Å². The molecule has 1 saturated heterocycles. The predicted octanol–water partition coefficient (Wildman–Crippen LogP) is 0.671. The van der Waals surface area contributed by atoms with Crippen LogP contribution in [0, 0.1) is 0 Å². The molecule has 10 heavy (non-hydrogen) atoms. The molecule has 1 atom stereocenters. The number of cyclic esters (lactones) is 1. The molecule has 1 unspecified atom stereocenters. The molecule has 0 aromatic carbocycles. The van der Waals surface area contributed by atoms with E-state index in [0.717, 1.165) is 12.8 Å². The van der Waals surface area contributed by atoms with Crippen LogP contribution in [0.25, 0.3) is 0 Å². The van der Waals surface area contributed by atoms with E-state index in [2.05, 4.69) is 0 Å². The number of carbonyl (C=O) groups excluding carboxylic acids is 2. The summed E-state index contributed by atoms with van der Waals surface area (Å²) in [5, 5.41) is 0. The number of ketones is 1. The quantitative estimate of drug-likeness (QED) is 0.420. The van der Waals surface area contributed by atoms with Gasteiger partial charge in [-0.1, -0.05) is 13.3 Å². The lowest BCUT2D eigenvalue weighted by molar-refractivity contribution is -0.149. The van der Waals surface area contributed by atoms with E-state index in [9.17, 15) is 9.59 Å². The number of hydrogen-bond donors (Lipinski definition) is 0. The van der Waals surface area contributed by atoms with E-state index >= 15 is 0 Å². The van der Waals surface area contributed by atoms with Gasteiger partial charge in [0, 0.05) is 0 Å². The highest BCUT2D eigenvalue weighted by Gasteiger charge is 2.31. The topological polar surface area (TPSA) is 43.4 Å². The second kappa shape index (κ2) is 2.82. The summed E-state index contributed by atoms with van der Waals surface area (Å²) in [6.45, 7) is 2.00. The molecule has 56 valence electrons. The van der Waals surface area contributed by atoms with E-state index in [1.807, 2.05) is 6.92 Å². The van der Waals surface area contributed by atoms with Gasteiger partial charge in [-0.3, -0.25) is 4.79 Å². The minimum Gasteiger partial charge on any atom is -0.456 e. The van der Waals surface area contributed by atoms with E-state index in [1.54, 1.807) is 0 Å². The first-order chi connectivity index (χ1) is 4.74. The summed E-state index contributed by atoms with van der Waals surface area (Å²) in [6.07, 6.45) is 1.90. The first-order valence-corrected chi connectivity index (χ1v) is 3.48. The third-order valence-corrected chi connectivity index (χ3v) is 1.53. The van der Waals surface area contributed by atoms with Gasteiger partial charge in [-0.05, 0) is 6.42 Å². The van der Waals surface area contributed by atoms with Gasteiger partial charge in [0.25, 0.3) is 0 Å². The number of carbonyl (C=O) groups is 2. The number of esters is 1. The fourth-order valence-corrected chi connectivity index (χ4v) is 1.03. The zero-order valence-electron chi connectivity index (χ0n) is 5.92. The van der Waals surface area contributed by atoms with Gasteiger partial charge >= 0.3 is 5.97 Å². The predicted molar refractivity (Wildman–Crippen MR) is 34.4 cm³/mol. The lowest BCUT2D eigenvalue weighted by atomic mass is 10.1. The number of hydrogen-bond acceptors (Lipinski definition) is 3. The van der Waals surface area contributed by atoms with Crippen molar-refractivity contribution in [1.82, 2.24) is 0 Å². The highest BCUT2D eigenvalue weighted by atomic mass is 16.6. The van der Waals surface area contributed by atoms with Crippen molar-refractivity contribution in [3.63, 3.8) is 0 Å². The molecule has 0 aliphatic carbocycles. The summed E-state index contributed by atoms with van der Waals surface area (Å²) in [7, 11) is 0. The van der Waals surface area contributed by atoms with Crippen LogP contribution in [0.15, 0.2) is 0 Å². The van der Waals surface area contributed by atoms with Gasteiger partial charge < -0.3 is 4.74 Å². The monoisotopic (exact) mass is 142 g/mol. The van der Waals surface area contributed by atoms with E-state index in [-0.39, 0.29) is 18.3 Å². The summed E-state index contributed by atoms with van der Waals surface area (Å²) in [4.78, 5) is 21.1. The maximum absolute atomic E-state index is 10.6. The maximum atomic E-state index is 10.6. The van der Waals surface area contributed by atoms with Crippen LogP contribution in [0.2, 0.25) is 0 Å². The average molecular weight is 142 g/mol. The molecule has 0 aromatic heterocycles. The van der Waals surface area contributed by atoms with Gasteiger partial charge in [0.1, 0.15) is 6.10 Å². The van der Waals surface area contributed by atoms with Crippen LogP contribution in [0.5, 0.6) is 0 Å². The Hall–Kier alpha value is -0.860. The SMILES string of the molecule is CCCC1CC(=O)C(=O)O1. The van der Waals surface area contributed by atoms with Crippen molar-refractivity contribution in [2.45, 2.75) is 32.3 Å². The third kappa shape index (κ3) is 1.35. The Morgan fingerprint density at radius 3 is 2.70 bits per heavy atom. The minimum absolute atomic E-state index is 0.134. The van der Waals surface area contributed by atoms with Crippen molar-refractivity contribution in [3.05, 3.63) is 0 Å². The summed E-state index contributed by atoms with van der Waals surface area (Å²) in [5.74, 6) is -1.03. The Balaban J connectivity index is 2.41. The molecule has 0 saturated carbocycles. The molecule has 1 heterocycles. The molecule has 0 amide bonds. The molecule has 1 aliphatic rings. The summed E-state index contributed by atoms with van der Waals surface area (Å²) in [5.41, 5.74) is 0. The van der Waals surface area contributed by atoms with Crippen LogP contribution in [0.4, 0.5) is 0 Å². The average Bonchev–Trinajstić information content (AvgIpc) is 2.14. The molecular weight excluding hydrogens is 132 g/mol. The Kier molecular flexibility index (Phi) is 2.04. The van der Waals surface area contributed by atoms with Gasteiger partial charge in [-0.2, -0.15) is 0 Å². The zero-order valence-corrected chi connectivity index (χ0v) is 5.92. The molecule has 1 fully saturated rings. The summed E-state index contributed by atoms with van der Waals surface area (Å²) >= 11 is 0. The van der Waals surface area contributed by atoms with Gasteiger partial charge in [0.15, 0.2) is 0 Å². The molecular formula is C7H10O3. The molecule has 0 N–H and O–H groups in total. The van der Waals surface area contributed by atoms with Gasteiger partial charge in [-0.25, -0.2) is 4.79 Å². The van der Waals surface area contributed by atoms with Crippen LogP contribution in [0.1, 0.15) is 26.2 Å². The Morgan fingerprint density at radius 2 is 2.30 bits per heavy atom. The lowest BCUT2D eigenvalue weighted by Crippen LogP contribution is -2.05. The molecule has 3 nitrogen and oxygen atoms in total. The number of ether oxygens (including phenoxy) is 1. The first-order valence-electron chi connectivity index (χ1n) is 3.48. The molecule has 0 spiro atoms. The second-order valence-corrected chi connectivity index (χ2v) is 2.44. The third-order valence-electron chi connectivity index (χ3n) is 1.53. The van der Waals surface area contributed by atoms with Crippen LogP contribution < -0.4 is 0 Å². The number of rotatable bonds is 2. The molecule has 3 heteroatoms. The van der Waals surface area contributed by atoms with Crippen molar-refractivity contribution >= 4 is 11.8 Å². The van der Waals surface area contributed by atoms with Crippen LogP contribution in [-0.4, -0.2) is 17.9 Å². The fraction of sp³-hybridized carbons (Fsp3) is 0.714. The van der Waals surface area contributed by atoms with Gasteiger partial charge in [0.05, 0.1) is 6.42 Å². The molecule has 0 bridgehead atoms. The zero-order chi connectivity index (χ0) is 7.56. The molecule has 1 rings (SSSR count).